The number of hydrogen-bond donors (Lipinski definition) is 3. The second kappa shape index (κ2) is 7.85. The first-order valence-electron chi connectivity index (χ1n) is 8.05. The fourth-order valence-electron chi connectivity index (χ4n) is 3.41. The Labute approximate surface area is 156 Å². The van der Waals surface area contributed by atoms with Crippen LogP contribution >= 0.6 is 28.3 Å². The van der Waals surface area contributed by atoms with Gasteiger partial charge in [-0.25, -0.2) is 0 Å². The lowest BCUT2D eigenvalue weighted by Crippen LogP contribution is -2.37. The average Bonchev–Trinajstić information content (AvgIpc) is 3.22. The van der Waals surface area contributed by atoms with Gasteiger partial charge in [-0.1, -0.05) is 22.0 Å². The molecular formula is C17H23BrClN3O2. The number of amides is 2. The summed E-state index contributed by atoms with van der Waals surface area (Å²) in [5.41, 5.74) is 1.95. The molecule has 2 amide bonds. The van der Waals surface area contributed by atoms with Crippen molar-refractivity contribution >= 4 is 45.8 Å². The van der Waals surface area contributed by atoms with E-state index in [4.69, 9.17) is 0 Å². The van der Waals surface area contributed by atoms with Crippen LogP contribution < -0.4 is 16.0 Å². The summed E-state index contributed by atoms with van der Waals surface area (Å²) in [6.45, 7) is 3.94. The van der Waals surface area contributed by atoms with Crippen LogP contribution in [0.1, 0.15) is 24.8 Å². The van der Waals surface area contributed by atoms with E-state index in [1.807, 2.05) is 25.1 Å². The molecule has 1 saturated heterocycles. The molecule has 0 bridgehead atoms. The van der Waals surface area contributed by atoms with Crippen molar-refractivity contribution in [3.8, 4) is 0 Å². The van der Waals surface area contributed by atoms with Gasteiger partial charge in [-0.3, -0.25) is 9.59 Å². The van der Waals surface area contributed by atoms with Crippen molar-refractivity contribution < 1.29 is 9.59 Å². The van der Waals surface area contributed by atoms with Crippen molar-refractivity contribution in [3.05, 3.63) is 28.2 Å². The van der Waals surface area contributed by atoms with E-state index in [0.29, 0.717) is 0 Å². The molecule has 5 nitrogen and oxygen atoms in total. The number of halogens is 2. The first-order valence-corrected chi connectivity index (χ1v) is 8.84. The van der Waals surface area contributed by atoms with Gasteiger partial charge >= 0.3 is 0 Å². The molecule has 1 heterocycles. The van der Waals surface area contributed by atoms with Gasteiger partial charge in [0.25, 0.3) is 0 Å². The zero-order valence-electron chi connectivity index (χ0n) is 13.7. The minimum Gasteiger partial charge on any atom is -0.347 e. The minimum absolute atomic E-state index is 0. The molecule has 2 fully saturated rings. The highest BCUT2D eigenvalue weighted by Gasteiger charge is 2.57. The van der Waals surface area contributed by atoms with E-state index in [1.165, 1.54) is 0 Å². The highest BCUT2D eigenvalue weighted by molar-refractivity contribution is 9.10. The van der Waals surface area contributed by atoms with Crippen LogP contribution in [0.5, 0.6) is 0 Å². The normalized spacial score (nSPS) is 20.8. The van der Waals surface area contributed by atoms with Crippen molar-refractivity contribution in [1.29, 1.82) is 0 Å². The number of piperidine rings is 1. The molecule has 1 spiro atoms. The van der Waals surface area contributed by atoms with Crippen molar-refractivity contribution in [2.45, 2.75) is 26.2 Å². The van der Waals surface area contributed by atoms with Gasteiger partial charge in [-0.2, -0.15) is 0 Å². The molecule has 1 saturated carbocycles. The third-order valence-electron chi connectivity index (χ3n) is 5.00. The van der Waals surface area contributed by atoms with Gasteiger partial charge in [0.15, 0.2) is 0 Å². The largest absolute Gasteiger partial charge is 0.347 e. The molecule has 24 heavy (non-hydrogen) atoms. The fraction of sp³-hybridized carbons (Fsp3) is 0.529. The first kappa shape index (κ1) is 19.2. The monoisotopic (exact) mass is 415 g/mol. The van der Waals surface area contributed by atoms with E-state index in [2.05, 4.69) is 31.9 Å². The highest BCUT2D eigenvalue weighted by Crippen LogP contribution is 2.58. The maximum atomic E-state index is 12.2. The van der Waals surface area contributed by atoms with Gasteiger partial charge in [-0.15, -0.1) is 12.4 Å². The Bertz CT molecular complexity index is 632. The molecule has 1 aliphatic carbocycles. The zero-order valence-corrected chi connectivity index (χ0v) is 16.1. The second-order valence-electron chi connectivity index (χ2n) is 6.59. The maximum absolute atomic E-state index is 12.2. The van der Waals surface area contributed by atoms with E-state index in [1.54, 1.807) is 0 Å². The zero-order chi connectivity index (χ0) is 16.4. The average molecular weight is 417 g/mol. The van der Waals surface area contributed by atoms with Crippen LogP contribution in [0.15, 0.2) is 22.7 Å². The highest BCUT2D eigenvalue weighted by atomic mass is 79.9. The Morgan fingerprint density at radius 3 is 2.75 bits per heavy atom. The van der Waals surface area contributed by atoms with Crippen molar-refractivity contribution in [3.63, 3.8) is 0 Å². The molecule has 2 aliphatic rings. The summed E-state index contributed by atoms with van der Waals surface area (Å²) in [7, 11) is 0. The number of aryl methyl sites for hydroxylation is 1. The summed E-state index contributed by atoms with van der Waals surface area (Å²) in [5, 5.41) is 8.96. The number of carbonyl (C=O) groups is 2. The van der Waals surface area contributed by atoms with E-state index in [-0.39, 0.29) is 42.1 Å². The lowest BCUT2D eigenvalue weighted by atomic mass is 9.92. The van der Waals surface area contributed by atoms with E-state index >= 15 is 0 Å². The van der Waals surface area contributed by atoms with Gasteiger partial charge in [-0.05, 0) is 62.4 Å². The summed E-state index contributed by atoms with van der Waals surface area (Å²) in [6.07, 6.45) is 3.09. The fourth-order valence-corrected chi connectivity index (χ4v) is 3.77. The standard InChI is InChI=1S/C17H22BrN3O2.ClH/c1-11-2-3-12(18)8-14(11)21-15(22)10-20-16(23)13-9-17(13)4-6-19-7-5-17;/h2-3,8,13,19H,4-7,9-10H2,1H3,(H,20,23)(H,21,22);1H. The van der Waals surface area contributed by atoms with E-state index in [9.17, 15) is 9.59 Å². The Balaban J connectivity index is 0.00000208. The lowest BCUT2D eigenvalue weighted by molar-refractivity contribution is -0.125. The number of anilines is 1. The molecule has 0 radical (unpaired) electrons. The van der Waals surface area contributed by atoms with Gasteiger partial charge in [0.05, 0.1) is 6.54 Å². The number of nitrogens with one attached hydrogen (secondary N) is 3. The van der Waals surface area contributed by atoms with Gasteiger partial charge in [0.1, 0.15) is 0 Å². The molecule has 132 valence electrons. The quantitative estimate of drug-likeness (QED) is 0.706. The molecule has 3 rings (SSSR count). The Morgan fingerprint density at radius 2 is 2.04 bits per heavy atom. The Hall–Kier alpha value is -1.11. The van der Waals surface area contributed by atoms with Crippen LogP contribution in [-0.2, 0) is 9.59 Å². The molecule has 7 heteroatoms. The van der Waals surface area contributed by atoms with Gasteiger partial charge in [0.2, 0.25) is 11.8 Å². The predicted octanol–water partition coefficient (Wildman–Crippen LogP) is 2.62. The third kappa shape index (κ3) is 4.29. The summed E-state index contributed by atoms with van der Waals surface area (Å²) >= 11 is 3.39. The van der Waals surface area contributed by atoms with E-state index in [0.717, 1.165) is 48.1 Å². The maximum Gasteiger partial charge on any atom is 0.243 e. The summed E-state index contributed by atoms with van der Waals surface area (Å²) < 4.78 is 0.910. The Morgan fingerprint density at radius 1 is 1.33 bits per heavy atom. The SMILES string of the molecule is Cc1ccc(Br)cc1NC(=O)CNC(=O)C1CC12CCNCC2.Cl. The molecule has 1 unspecified atom stereocenters. The van der Waals surface area contributed by atoms with Crippen molar-refractivity contribution in [1.82, 2.24) is 10.6 Å². The first-order chi connectivity index (χ1) is 11.0. The van der Waals surface area contributed by atoms with Crippen LogP contribution in [0.4, 0.5) is 5.69 Å². The summed E-state index contributed by atoms with van der Waals surface area (Å²) in [5.74, 6) is -0.0856. The molecule has 1 aromatic rings. The summed E-state index contributed by atoms with van der Waals surface area (Å²) in [4.78, 5) is 24.3. The lowest BCUT2D eigenvalue weighted by Gasteiger charge is -2.23. The molecule has 0 aromatic heterocycles. The number of benzene rings is 1. The van der Waals surface area contributed by atoms with Gasteiger partial charge in [0, 0.05) is 16.1 Å². The predicted molar refractivity (Wildman–Crippen MR) is 100 cm³/mol. The topological polar surface area (TPSA) is 70.2 Å². The molecule has 3 N–H and O–H groups in total. The summed E-state index contributed by atoms with van der Waals surface area (Å²) in [6, 6.07) is 5.72. The molecule has 1 atom stereocenters. The van der Waals surface area contributed by atoms with Crippen LogP contribution in [0.2, 0.25) is 0 Å². The van der Waals surface area contributed by atoms with Gasteiger partial charge < -0.3 is 16.0 Å². The smallest absolute Gasteiger partial charge is 0.243 e. The van der Waals surface area contributed by atoms with Crippen LogP contribution in [-0.4, -0.2) is 31.4 Å². The number of hydrogen-bond acceptors (Lipinski definition) is 3. The van der Waals surface area contributed by atoms with Crippen molar-refractivity contribution in [2.75, 3.05) is 25.0 Å². The minimum atomic E-state index is -0.195. The van der Waals surface area contributed by atoms with Crippen LogP contribution in [0.25, 0.3) is 0 Å². The molecule has 1 aliphatic heterocycles. The van der Waals surface area contributed by atoms with Crippen LogP contribution in [0.3, 0.4) is 0 Å². The number of carbonyl (C=O) groups excluding carboxylic acids is 2. The second-order valence-corrected chi connectivity index (χ2v) is 7.51. The molecular weight excluding hydrogens is 394 g/mol. The Kier molecular flexibility index (Phi) is 6.28. The number of rotatable bonds is 4. The van der Waals surface area contributed by atoms with Crippen LogP contribution in [0, 0.1) is 18.3 Å². The van der Waals surface area contributed by atoms with Crippen molar-refractivity contribution in [2.24, 2.45) is 11.3 Å². The molecule has 1 aromatic carbocycles. The third-order valence-corrected chi connectivity index (χ3v) is 5.50. The van der Waals surface area contributed by atoms with E-state index < -0.39 is 0 Å².